The third kappa shape index (κ3) is 2.25. The van der Waals surface area contributed by atoms with E-state index in [4.69, 9.17) is 14.7 Å². The normalized spacial score (nSPS) is 9.83. The summed E-state index contributed by atoms with van der Waals surface area (Å²) in [6, 6.07) is 7.48. The fourth-order valence-corrected chi connectivity index (χ4v) is 1.65. The van der Waals surface area contributed by atoms with Crippen molar-refractivity contribution in [1.29, 1.82) is 5.26 Å². The summed E-state index contributed by atoms with van der Waals surface area (Å²) in [4.78, 5) is 0. The molecule has 0 atom stereocenters. The van der Waals surface area contributed by atoms with Gasteiger partial charge in [-0.3, -0.25) is 0 Å². The van der Waals surface area contributed by atoms with Crippen LogP contribution in [0.1, 0.15) is 11.4 Å². The van der Waals surface area contributed by atoms with Gasteiger partial charge in [0.2, 0.25) is 5.82 Å². The zero-order valence-corrected chi connectivity index (χ0v) is 10.1. The first-order valence-electron chi connectivity index (χ1n) is 5.27. The molecule has 2 aromatic rings. The molecule has 0 saturated heterocycles. The average Bonchev–Trinajstić information content (AvgIpc) is 2.86. The van der Waals surface area contributed by atoms with E-state index in [0.717, 1.165) is 17.1 Å². The highest BCUT2D eigenvalue weighted by molar-refractivity contribution is 5.40. The molecule has 1 aromatic carbocycles. The first kappa shape index (κ1) is 11.9. The lowest BCUT2D eigenvalue weighted by Crippen LogP contribution is -2.03. The van der Waals surface area contributed by atoms with Crippen LogP contribution in [0.25, 0.3) is 0 Å². The fourth-order valence-electron chi connectivity index (χ4n) is 1.65. The molecule has 0 aliphatic carbocycles. The Labute approximate surface area is 104 Å². The monoisotopic (exact) mass is 244 g/mol. The van der Waals surface area contributed by atoms with Crippen molar-refractivity contribution in [3.05, 3.63) is 35.9 Å². The second kappa shape index (κ2) is 5.19. The van der Waals surface area contributed by atoms with Gasteiger partial charge < -0.3 is 14.0 Å². The maximum Gasteiger partial charge on any atom is 0.235 e. The second-order valence-electron chi connectivity index (χ2n) is 3.57. The van der Waals surface area contributed by atoms with Crippen LogP contribution in [-0.2, 0) is 6.54 Å². The minimum Gasteiger partial charge on any atom is -0.497 e. The van der Waals surface area contributed by atoms with Crippen LogP contribution in [0, 0.1) is 11.3 Å². The number of aromatic nitrogens is 3. The Kier molecular flexibility index (Phi) is 3.44. The minimum atomic E-state index is 0.264. The van der Waals surface area contributed by atoms with E-state index < -0.39 is 0 Å². The molecular weight excluding hydrogens is 232 g/mol. The Morgan fingerprint density at radius 2 is 2.17 bits per heavy atom. The molecule has 6 heteroatoms. The van der Waals surface area contributed by atoms with Gasteiger partial charge in [0.1, 0.15) is 23.9 Å². The molecule has 0 radical (unpaired) electrons. The molecule has 0 amide bonds. The molecule has 0 bridgehead atoms. The molecule has 0 aliphatic heterocycles. The van der Waals surface area contributed by atoms with Crippen molar-refractivity contribution in [1.82, 2.24) is 14.8 Å². The zero-order valence-electron chi connectivity index (χ0n) is 10.1. The van der Waals surface area contributed by atoms with Crippen molar-refractivity contribution in [2.75, 3.05) is 14.2 Å². The molecule has 0 spiro atoms. The van der Waals surface area contributed by atoms with Gasteiger partial charge in [-0.25, -0.2) is 0 Å². The van der Waals surface area contributed by atoms with Crippen LogP contribution in [-0.4, -0.2) is 29.0 Å². The van der Waals surface area contributed by atoms with E-state index in [2.05, 4.69) is 10.2 Å². The summed E-state index contributed by atoms with van der Waals surface area (Å²) in [6.45, 7) is 0.455. The van der Waals surface area contributed by atoms with Gasteiger partial charge in [0, 0.05) is 5.56 Å². The third-order valence-corrected chi connectivity index (χ3v) is 2.54. The van der Waals surface area contributed by atoms with Crippen LogP contribution in [0.3, 0.4) is 0 Å². The van der Waals surface area contributed by atoms with Crippen LogP contribution in [0.15, 0.2) is 24.5 Å². The minimum absolute atomic E-state index is 0.264. The van der Waals surface area contributed by atoms with Gasteiger partial charge in [0.05, 0.1) is 20.8 Å². The molecule has 2 rings (SSSR count). The summed E-state index contributed by atoms with van der Waals surface area (Å²) < 4.78 is 12.1. The third-order valence-electron chi connectivity index (χ3n) is 2.54. The van der Waals surface area contributed by atoms with Gasteiger partial charge in [0.15, 0.2) is 0 Å². The average molecular weight is 244 g/mol. The van der Waals surface area contributed by atoms with E-state index in [1.54, 1.807) is 18.8 Å². The number of ether oxygens (including phenoxy) is 2. The molecule has 0 N–H and O–H groups in total. The molecule has 1 heterocycles. The van der Waals surface area contributed by atoms with E-state index in [0.29, 0.717) is 6.54 Å². The maximum absolute atomic E-state index is 8.88. The highest BCUT2D eigenvalue weighted by atomic mass is 16.5. The predicted octanol–water partition coefficient (Wildman–Crippen LogP) is 1.22. The Morgan fingerprint density at radius 1 is 1.33 bits per heavy atom. The van der Waals surface area contributed by atoms with Crippen molar-refractivity contribution in [3.63, 3.8) is 0 Å². The second-order valence-corrected chi connectivity index (χ2v) is 3.57. The molecule has 0 fully saturated rings. The largest absolute Gasteiger partial charge is 0.497 e. The van der Waals surface area contributed by atoms with Gasteiger partial charge in [-0.2, -0.15) is 5.26 Å². The van der Waals surface area contributed by atoms with E-state index in [1.807, 2.05) is 24.3 Å². The van der Waals surface area contributed by atoms with Crippen molar-refractivity contribution >= 4 is 0 Å². The summed E-state index contributed by atoms with van der Waals surface area (Å²) in [7, 11) is 3.20. The van der Waals surface area contributed by atoms with Crippen LogP contribution in [0.2, 0.25) is 0 Å². The predicted molar refractivity (Wildman–Crippen MR) is 63.4 cm³/mol. The number of nitriles is 1. The first-order chi connectivity index (χ1) is 8.78. The van der Waals surface area contributed by atoms with Crippen molar-refractivity contribution in [3.8, 4) is 17.6 Å². The summed E-state index contributed by atoms with van der Waals surface area (Å²) >= 11 is 0. The summed E-state index contributed by atoms with van der Waals surface area (Å²) in [6.07, 6.45) is 1.51. The van der Waals surface area contributed by atoms with E-state index >= 15 is 0 Å². The molecule has 0 aliphatic rings. The maximum atomic E-state index is 8.88. The van der Waals surface area contributed by atoms with Crippen LogP contribution in [0.5, 0.6) is 11.5 Å². The van der Waals surface area contributed by atoms with Crippen molar-refractivity contribution < 1.29 is 9.47 Å². The molecule has 0 unspecified atom stereocenters. The van der Waals surface area contributed by atoms with Crippen LogP contribution < -0.4 is 9.47 Å². The van der Waals surface area contributed by atoms with Crippen molar-refractivity contribution in [2.24, 2.45) is 0 Å². The van der Waals surface area contributed by atoms with Gasteiger partial charge in [-0.05, 0) is 18.2 Å². The standard InChI is InChI=1S/C12H12N4O2/c1-17-10-3-4-11(18-2)9(5-10)7-16-8-14-15-12(16)6-13/h3-5,8H,7H2,1-2H3. The number of hydrogen-bond donors (Lipinski definition) is 0. The Balaban J connectivity index is 2.36. The molecule has 92 valence electrons. The summed E-state index contributed by atoms with van der Waals surface area (Å²) in [5.74, 6) is 1.73. The van der Waals surface area contributed by atoms with Gasteiger partial charge in [-0.15, -0.1) is 10.2 Å². The number of methoxy groups -OCH3 is 2. The SMILES string of the molecule is COc1ccc(OC)c(Cn2cnnc2C#N)c1. The van der Waals surface area contributed by atoms with Gasteiger partial charge in [-0.1, -0.05) is 0 Å². The number of rotatable bonds is 4. The van der Waals surface area contributed by atoms with Gasteiger partial charge >= 0.3 is 0 Å². The smallest absolute Gasteiger partial charge is 0.235 e. The zero-order chi connectivity index (χ0) is 13.0. The summed E-state index contributed by atoms with van der Waals surface area (Å²) in [5, 5.41) is 16.3. The molecular formula is C12H12N4O2. The molecule has 1 aromatic heterocycles. The Morgan fingerprint density at radius 3 is 2.83 bits per heavy atom. The number of hydrogen-bond acceptors (Lipinski definition) is 5. The fraction of sp³-hybridized carbons (Fsp3) is 0.250. The highest BCUT2D eigenvalue weighted by Gasteiger charge is 2.09. The quantitative estimate of drug-likeness (QED) is 0.808. The lowest BCUT2D eigenvalue weighted by Gasteiger charge is -2.10. The number of benzene rings is 1. The molecule has 6 nitrogen and oxygen atoms in total. The first-order valence-corrected chi connectivity index (χ1v) is 5.27. The van der Waals surface area contributed by atoms with E-state index in [1.165, 1.54) is 6.33 Å². The lowest BCUT2D eigenvalue weighted by atomic mass is 10.2. The van der Waals surface area contributed by atoms with E-state index in [-0.39, 0.29) is 5.82 Å². The summed E-state index contributed by atoms with van der Waals surface area (Å²) in [5.41, 5.74) is 0.896. The Hall–Kier alpha value is -2.55. The topological polar surface area (TPSA) is 73.0 Å². The van der Waals surface area contributed by atoms with E-state index in [9.17, 15) is 0 Å². The Bertz CT molecular complexity index is 586. The highest BCUT2D eigenvalue weighted by Crippen LogP contribution is 2.24. The van der Waals surface area contributed by atoms with Gasteiger partial charge in [0.25, 0.3) is 0 Å². The van der Waals surface area contributed by atoms with Crippen LogP contribution in [0.4, 0.5) is 0 Å². The number of nitrogens with zero attached hydrogens (tertiary/aromatic N) is 4. The lowest BCUT2D eigenvalue weighted by molar-refractivity contribution is 0.397. The van der Waals surface area contributed by atoms with Crippen LogP contribution >= 0.6 is 0 Å². The van der Waals surface area contributed by atoms with Crippen molar-refractivity contribution in [2.45, 2.75) is 6.54 Å². The molecule has 18 heavy (non-hydrogen) atoms. The molecule has 0 saturated carbocycles.